The molecule has 0 aliphatic carbocycles. The molecule has 11 N–H and O–H groups in total. The normalized spacial score (nSPS) is 31.1. The molecular weight excluding hydrogens is 825 g/mol. The van der Waals surface area contributed by atoms with Gasteiger partial charge >= 0.3 is 28.0 Å². The Morgan fingerprint density at radius 3 is 2.22 bits per heavy atom. The summed E-state index contributed by atoms with van der Waals surface area (Å²) in [7, 11) is -9.28. The molecule has 0 saturated carbocycles. The van der Waals surface area contributed by atoms with Crippen molar-refractivity contribution in [2.45, 2.75) is 68.7 Å². The first-order valence-corrected chi connectivity index (χ1v) is 21.3. The molecule has 55 heavy (non-hydrogen) atoms. The van der Waals surface area contributed by atoms with Crippen LogP contribution < -0.4 is 27.2 Å². The van der Waals surface area contributed by atoms with E-state index in [0.29, 0.717) is 0 Å². The number of aliphatic hydroxyl groups excluding tert-OH is 2. The molecule has 7 heterocycles. The van der Waals surface area contributed by atoms with Crippen molar-refractivity contribution < 1.29 is 75.2 Å². The summed E-state index contributed by atoms with van der Waals surface area (Å²) in [4.78, 5) is 72.5. The molecule has 302 valence electrons. The van der Waals surface area contributed by atoms with Crippen molar-refractivity contribution in [1.82, 2.24) is 34.1 Å². The Bertz CT molecular complexity index is 2420. The third-order valence-electron chi connectivity index (χ3n) is 8.47. The highest BCUT2D eigenvalue weighted by Gasteiger charge is 2.58. The van der Waals surface area contributed by atoms with Gasteiger partial charge in [0.1, 0.15) is 36.6 Å². The molecule has 3 aliphatic heterocycles. The number of imidazole rings is 2. The second kappa shape index (κ2) is 14.1. The van der Waals surface area contributed by atoms with Crippen LogP contribution in [-0.2, 0) is 64.6 Å². The maximum absolute atomic E-state index is 12.9. The van der Waals surface area contributed by atoms with Gasteiger partial charge in [0.2, 0.25) is 17.7 Å². The van der Waals surface area contributed by atoms with E-state index in [2.05, 4.69) is 45.3 Å². The number of nitrogen functional groups attached to an aromatic ring is 2. The van der Waals surface area contributed by atoms with Crippen molar-refractivity contribution in [1.29, 1.82) is 0 Å². The molecule has 11 atom stereocenters. The summed E-state index contributed by atoms with van der Waals surface area (Å²) in [6.45, 7) is -3.62. The largest absolute Gasteiger partial charge is 0.479 e. The summed E-state index contributed by atoms with van der Waals surface area (Å²) in [6, 6.07) is 0. The zero-order valence-corrected chi connectivity index (χ0v) is 31.9. The fourth-order valence-electron chi connectivity index (χ4n) is 6.36. The number of fused-ring (bicyclic) bond motifs is 3. The van der Waals surface area contributed by atoms with Gasteiger partial charge in [-0.3, -0.25) is 37.7 Å². The molecule has 3 saturated heterocycles. The van der Waals surface area contributed by atoms with E-state index in [4.69, 9.17) is 39.5 Å². The summed E-state index contributed by atoms with van der Waals surface area (Å²) >= 11 is 4.67. The molecule has 3 unspecified atom stereocenters. The molecule has 4 aromatic heterocycles. The second-order valence-electron chi connectivity index (χ2n) is 12.9. The summed E-state index contributed by atoms with van der Waals surface area (Å²) in [5, 5.41) is 21.1. The fraction of sp³-hybridized carbons (Fsp3) is 0.583. The number of nitrogens with one attached hydrogen (secondary N) is 2. The molecule has 3 fully saturated rings. The first-order chi connectivity index (χ1) is 25.5. The number of hydrogen-bond acceptors (Lipinski definition) is 20. The van der Waals surface area contributed by atoms with Crippen molar-refractivity contribution in [3.8, 4) is 0 Å². The van der Waals surface area contributed by atoms with E-state index in [0.717, 1.165) is 10.9 Å². The maximum atomic E-state index is 12.9. The van der Waals surface area contributed by atoms with Crippen molar-refractivity contribution >= 4 is 68.4 Å². The van der Waals surface area contributed by atoms with E-state index in [1.54, 1.807) is 20.9 Å². The Balaban J connectivity index is 0.978. The van der Waals surface area contributed by atoms with Crippen molar-refractivity contribution in [2.75, 3.05) is 24.7 Å². The van der Waals surface area contributed by atoms with E-state index >= 15 is 0 Å². The fourth-order valence-corrected chi connectivity index (χ4v) is 11.4. The second-order valence-corrected chi connectivity index (χ2v) is 18.9. The van der Waals surface area contributed by atoms with Crippen LogP contribution in [0, 0.1) is 0 Å². The average molecular weight is 860 g/mol. The van der Waals surface area contributed by atoms with Crippen molar-refractivity contribution in [3.63, 3.8) is 0 Å². The Morgan fingerprint density at radius 2 is 1.55 bits per heavy atom. The van der Waals surface area contributed by atoms with Gasteiger partial charge in [0.25, 0.3) is 17.1 Å². The Kier molecular flexibility index (Phi) is 10.3. The number of ether oxygens (including phenoxy) is 4. The lowest BCUT2D eigenvalue weighted by Gasteiger charge is -2.24. The molecule has 7 rings (SSSR count). The summed E-state index contributed by atoms with van der Waals surface area (Å²) in [5.41, 5.74) is 10.1. The number of anilines is 2. The van der Waals surface area contributed by atoms with Crippen LogP contribution in [0.25, 0.3) is 22.3 Å². The van der Waals surface area contributed by atoms with Gasteiger partial charge in [0.15, 0.2) is 29.5 Å². The molecule has 0 amide bonds. The van der Waals surface area contributed by atoms with Gasteiger partial charge in [-0.25, -0.2) is 27.3 Å². The zero-order chi connectivity index (χ0) is 40.0. The lowest BCUT2D eigenvalue weighted by atomic mass is 10.1. The minimum Gasteiger partial charge on any atom is -0.387 e. The Morgan fingerprint density at radius 1 is 0.945 bits per heavy atom. The van der Waals surface area contributed by atoms with Crippen molar-refractivity contribution in [3.05, 3.63) is 33.4 Å². The van der Waals surface area contributed by atoms with Crippen molar-refractivity contribution in [2.24, 2.45) is 7.05 Å². The molecule has 0 aromatic carbocycles. The molecule has 3 aliphatic rings. The number of aromatic amines is 2. The highest BCUT2D eigenvalue weighted by atomic mass is 32.5. The number of aliphatic hydroxyl groups is 2. The van der Waals surface area contributed by atoms with Gasteiger partial charge in [-0.1, -0.05) is 4.98 Å². The van der Waals surface area contributed by atoms with Crippen LogP contribution >= 0.6 is 22.4 Å². The number of phosphoric ester groups is 2. The van der Waals surface area contributed by atoms with E-state index in [9.17, 15) is 43.6 Å². The average Bonchev–Trinajstić information content (AvgIpc) is 3.83. The van der Waals surface area contributed by atoms with Gasteiger partial charge in [0.05, 0.1) is 26.6 Å². The highest BCUT2D eigenvalue weighted by Crippen LogP contribution is 2.68. The Labute approximate surface area is 311 Å². The molecule has 27 nitrogen and oxygen atoms in total. The lowest BCUT2D eigenvalue weighted by molar-refractivity contribution is -0.746. The summed E-state index contributed by atoms with van der Waals surface area (Å²) < 4.78 is 72.2. The van der Waals surface area contributed by atoms with Crippen LogP contribution in [-0.4, -0.2) is 115 Å². The van der Waals surface area contributed by atoms with E-state index in [1.807, 2.05) is 0 Å². The van der Waals surface area contributed by atoms with Gasteiger partial charge in [-0.05, 0) is 25.7 Å². The standard InChI is InChI=1S/C24H33N10O17P3S/c1-24(2)48-14-9(47-21(15(14)49-24)34-7-32(3)11-17(34)29-23(26)31-19(11)38)5-45-53(41,42)51-54(43,55)50-52(39,40)44-4-8-12(35)13(36)20(46-8)33-6-27-10-16(33)28-22(25)30-18(10)37/h6-9,12-15,20-21,35-36H,4-5H2,1-3H3,(H8-,25,26,28,29,30,31,37,38,39,40,41,42,43,55)/p+1/t8-,9-,12-,13-,14-,15-,20-,21-,54?/m1/s1. The minimum atomic E-state index is -5.46. The van der Waals surface area contributed by atoms with E-state index in [1.165, 1.54) is 15.5 Å². The van der Waals surface area contributed by atoms with Gasteiger partial charge in [-0.15, -0.1) is 0 Å². The molecule has 0 spiro atoms. The molecule has 0 radical (unpaired) electrons. The monoisotopic (exact) mass is 859 g/mol. The van der Waals surface area contributed by atoms with Gasteiger partial charge in [0, 0.05) is 0 Å². The van der Waals surface area contributed by atoms with Crippen LogP contribution in [0.3, 0.4) is 0 Å². The molecule has 0 bridgehead atoms. The number of hydrogen-bond donors (Lipinski definition) is 9. The topological polar surface area (TPSA) is 379 Å². The smallest absolute Gasteiger partial charge is 0.387 e. The highest BCUT2D eigenvalue weighted by molar-refractivity contribution is 8.09. The number of nitrogens with two attached hydrogens (primary N) is 2. The van der Waals surface area contributed by atoms with Crippen LogP contribution in [0.2, 0.25) is 0 Å². The van der Waals surface area contributed by atoms with E-state index < -0.39 is 102 Å². The third-order valence-corrected chi connectivity index (χ3v) is 13.9. The first-order valence-electron chi connectivity index (χ1n) is 15.7. The number of H-pyrrole nitrogens is 2. The van der Waals surface area contributed by atoms with Crippen LogP contribution in [0.4, 0.5) is 11.9 Å². The number of aromatic nitrogens is 8. The Hall–Kier alpha value is -3.11. The van der Waals surface area contributed by atoms with Gasteiger partial charge < -0.3 is 55.3 Å². The predicted molar refractivity (Wildman–Crippen MR) is 182 cm³/mol. The molecule has 4 aromatic rings. The number of nitrogens with zero attached hydrogens (tertiary/aromatic N) is 6. The quantitative estimate of drug-likeness (QED) is 0.0519. The predicted octanol–water partition coefficient (Wildman–Crippen LogP) is -2.63. The summed E-state index contributed by atoms with van der Waals surface area (Å²) in [6.07, 6.45) is -7.83. The molecule has 31 heteroatoms. The minimum absolute atomic E-state index is 0.111. The lowest BCUT2D eigenvalue weighted by Crippen LogP contribution is -2.46. The number of phosphoric acid groups is 2. The number of aryl methyl sites for hydroxylation is 1. The zero-order valence-electron chi connectivity index (χ0n) is 28.4. The van der Waals surface area contributed by atoms with E-state index in [-0.39, 0.29) is 34.2 Å². The SMILES string of the molecule is Cn1c[n+]([C@@H]2O[C@H](COP(=O)(O)OP(O)(=S)OP(=O)(O)OC[C@H]3O[C@@H](n4cnc5c(=O)[nH]c(N)nc54)[C@H](O)[C@@H]3O)[C@H]3OC(C)(C)O[C@H]32)c2nc(N)[nH]c(=O)c21. The van der Waals surface area contributed by atoms with Crippen LogP contribution in [0.1, 0.15) is 26.3 Å². The van der Waals surface area contributed by atoms with Crippen LogP contribution in [0.5, 0.6) is 0 Å². The van der Waals surface area contributed by atoms with Gasteiger partial charge in [-0.2, -0.15) is 4.98 Å². The molecular formula is C24H34N10O17P3S+. The van der Waals surface area contributed by atoms with Crippen LogP contribution in [0.15, 0.2) is 22.2 Å². The third kappa shape index (κ3) is 7.93. The number of rotatable bonds is 12. The first kappa shape index (κ1) is 40.1. The summed E-state index contributed by atoms with van der Waals surface area (Å²) in [5.74, 6) is -1.61. The maximum Gasteiger partial charge on any atom is 0.479 e.